The standard InChI is InChI=1S/C6H11N5S/c1-4(10-6(12)11-7)5-8-2-3-9-5/h2-4H,7H2,1H3,(H,8,9)(H2,10,11,12). The number of imidazole rings is 1. The number of nitrogens with zero attached hydrogens (tertiary/aromatic N) is 1. The molecule has 5 N–H and O–H groups in total. The van der Waals surface area contributed by atoms with Gasteiger partial charge in [-0.3, -0.25) is 0 Å². The molecule has 0 bridgehead atoms. The maximum absolute atomic E-state index is 5.09. The summed E-state index contributed by atoms with van der Waals surface area (Å²) in [6.07, 6.45) is 3.44. The number of hydrogen-bond donors (Lipinski definition) is 4. The molecule has 5 nitrogen and oxygen atoms in total. The van der Waals surface area contributed by atoms with Crippen LogP contribution in [0.1, 0.15) is 18.8 Å². The van der Waals surface area contributed by atoms with E-state index in [2.05, 4.69) is 20.7 Å². The average Bonchev–Trinajstić information content (AvgIpc) is 2.56. The number of rotatable bonds is 2. The van der Waals surface area contributed by atoms with Gasteiger partial charge in [-0.25, -0.2) is 10.8 Å². The van der Waals surface area contributed by atoms with Crippen molar-refractivity contribution >= 4 is 17.3 Å². The van der Waals surface area contributed by atoms with Gasteiger partial charge >= 0.3 is 0 Å². The van der Waals surface area contributed by atoms with Crippen molar-refractivity contribution in [1.82, 2.24) is 20.7 Å². The second-order valence-corrected chi connectivity index (χ2v) is 2.72. The summed E-state index contributed by atoms with van der Waals surface area (Å²) in [7, 11) is 0. The van der Waals surface area contributed by atoms with Crippen LogP contribution in [0, 0.1) is 0 Å². The van der Waals surface area contributed by atoms with Crippen LogP contribution in [-0.2, 0) is 0 Å². The summed E-state index contributed by atoms with van der Waals surface area (Å²) in [5, 5.41) is 3.34. The fourth-order valence-electron chi connectivity index (χ4n) is 0.821. The Morgan fingerprint density at radius 3 is 3.08 bits per heavy atom. The normalized spacial score (nSPS) is 12.2. The van der Waals surface area contributed by atoms with Crippen molar-refractivity contribution in [1.29, 1.82) is 0 Å². The van der Waals surface area contributed by atoms with Crippen LogP contribution in [0.5, 0.6) is 0 Å². The Morgan fingerprint density at radius 2 is 2.58 bits per heavy atom. The van der Waals surface area contributed by atoms with Gasteiger partial charge in [0.05, 0.1) is 6.04 Å². The highest BCUT2D eigenvalue weighted by Crippen LogP contribution is 2.03. The number of thiocarbonyl (C=S) groups is 1. The van der Waals surface area contributed by atoms with Crippen LogP contribution >= 0.6 is 12.2 Å². The first kappa shape index (κ1) is 8.95. The van der Waals surface area contributed by atoms with Gasteiger partial charge in [-0.05, 0) is 19.1 Å². The molecule has 0 amide bonds. The van der Waals surface area contributed by atoms with Gasteiger partial charge in [0.25, 0.3) is 0 Å². The minimum absolute atomic E-state index is 0.0311. The lowest BCUT2D eigenvalue weighted by atomic mass is 10.3. The molecule has 0 radical (unpaired) electrons. The number of hydrazine groups is 1. The summed E-state index contributed by atoms with van der Waals surface area (Å²) < 4.78 is 0. The van der Waals surface area contributed by atoms with E-state index < -0.39 is 0 Å². The van der Waals surface area contributed by atoms with Gasteiger partial charge < -0.3 is 15.7 Å². The van der Waals surface area contributed by atoms with Crippen LogP contribution in [0.25, 0.3) is 0 Å². The molecule has 0 aliphatic heterocycles. The number of nitrogens with one attached hydrogen (secondary N) is 3. The molecule has 0 aliphatic carbocycles. The first-order valence-electron chi connectivity index (χ1n) is 3.50. The molecule has 1 aromatic rings. The highest BCUT2D eigenvalue weighted by molar-refractivity contribution is 7.80. The van der Waals surface area contributed by atoms with Crippen molar-refractivity contribution < 1.29 is 0 Å². The number of aromatic nitrogens is 2. The lowest BCUT2D eigenvalue weighted by Crippen LogP contribution is -2.40. The monoisotopic (exact) mass is 185 g/mol. The first-order valence-corrected chi connectivity index (χ1v) is 3.91. The van der Waals surface area contributed by atoms with E-state index in [0.717, 1.165) is 5.82 Å². The maximum Gasteiger partial charge on any atom is 0.181 e. The highest BCUT2D eigenvalue weighted by atomic mass is 32.1. The summed E-state index contributed by atoms with van der Waals surface area (Å²) in [5.74, 6) is 5.92. The number of hydrogen-bond acceptors (Lipinski definition) is 3. The zero-order valence-corrected chi connectivity index (χ0v) is 7.48. The molecule has 1 unspecified atom stereocenters. The van der Waals surface area contributed by atoms with Gasteiger partial charge in [-0.2, -0.15) is 0 Å². The van der Waals surface area contributed by atoms with Gasteiger partial charge in [0.2, 0.25) is 0 Å². The SMILES string of the molecule is CC(NC(=S)NN)c1ncc[nH]1. The van der Waals surface area contributed by atoms with E-state index in [1.54, 1.807) is 12.4 Å². The van der Waals surface area contributed by atoms with Crippen molar-refractivity contribution in [3.63, 3.8) is 0 Å². The van der Waals surface area contributed by atoms with Gasteiger partial charge in [0, 0.05) is 12.4 Å². The van der Waals surface area contributed by atoms with E-state index >= 15 is 0 Å². The van der Waals surface area contributed by atoms with Crippen molar-refractivity contribution in [3.05, 3.63) is 18.2 Å². The predicted octanol–water partition coefficient (Wildman–Crippen LogP) is -0.192. The number of H-pyrrole nitrogens is 1. The lowest BCUT2D eigenvalue weighted by molar-refractivity contribution is 0.663. The molecule has 1 rings (SSSR count). The molecule has 1 atom stereocenters. The molecular weight excluding hydrogens is 174 g/mol. The number of aromatic amines is 1. The Balaban J connectivity index is 2.49. The smallest absolute Gasteiger partial charge is 0.181 e. The molecule has 6 heteroatoms. The van der Waals surface area contributed by atoms with Crippen molar-refractivity contribution in [2.75, 3.05) is 0 Å². The van der Waals surface area contributed by atoms with Crippen LogP contribution in [-0.4, -0.2) is 15.1 Å². The fraction of sp³-hybridized carbons (Fsp3) is 0.333. The van der Waals surface area contributed by atoms with Crippen molar-refractivity contribution in [2.24, 2.45) is 5.84 Å². The molecular formula is C6H11N5S. The minimum Gasteiger partial charge on any atom is -0.352 e. The third-order valence-corrected chi connectivity index (χ3v) is 1.64. The number of nitrogens with two attached hydrogens (primary N) is 1. The largest absolute Gasteiger partial charge is 0.352 e. The molecule has 66 valence electrons. The third-order valence-electron chi connectivity index (χ3n) is 1.41. The lowest BCUT2D eigenvalue weighted by Gasteiger charge is -2.12. The molecule has 0 fully saturated rings. The van der Waals surface area contributed by atoms with Gasteiger partial charge in [-0.15, -0.1) is 0 Å². The third kappa shape index (κ3) is 2.18. The predicted molar refractivity (Wildman–Crippen MR) is 50.1 cm³/mol. The summed E-state index contributed by atoms with van der Waals surface area (Å²) in [5.41, 5.74) is 2.34. The Kier molecular flexibility index (Phi) is 3.01. The van der Waals surface area contributed by atoms with Crippen molar-refractivity contribution in [2.45, 2.75) is 13.0 Å². The first-order chi connectivity index (χ1) is 5.74. The quantitative estimate of drug-likeness (QED) is 0.292. The zero-order valence-electron chi connectivity index (χ0n) is 6.66. The molecule has 12 heavy (non-hydrogen) atoms. The molecule has 0 spiro atoms. The van der Waals surface area contributed by atoms with Crippen LogP contribution in [0.4, 0.5) is 0 Å². The van der Waals surface area contributed by atoms with Crippen molar-refractivity contribution in [3.8, 4) is 0 Å². The minimum atomic E-state index is 0.0311. The topological polar surface area (TPSA) is 78.8 Å². The average molecular weight is 185 g/mol. The highest BCUT2D eigenvalue weighted by Gasteiger charge is 2.06. The van der Waals surface area contributed by atoms with E-state index in [1.807, 2.05) is 6.92 Å². The van der Waals surface area contributed by atoms with E-state index in [-0.39, 0.29) is 6.04 Å². The summed E-state index contributed by atoms with van der Waals surface area (Å²) >= 11 is 4.82. The Hall–Kier alpha value is -1.14. The van der Waals surface area contributed by atoms with Gasteiger partial charge in [0.1, 0.15) is 5.82 Å². The van der Waals surface area contributed by atoms with E-state index in [9.17, 15) is 0 Å². The van der Waals surface area contributed by atoms with Crippen LogP contribution in [0.3, 0.4) is 0 Å². The summed E-state index contributed by atoms with van der Waals surface area (Å²) in [4.78, 5) is 7.02. The second-order valence-electron chi connectivity index (χ2n) is 2.31. The molecule has 1 aromatic heterocycles. The van der Waals surface area contributed by atoms with Crippen LogP contribution in [0.2, 0.25) is 0 Å². The Labute approximate surface area is 75.7 Å². The molecule has 1 heterocycles. The van der Waals surface area contributed by atoms with Crippen LogP contribution < -0.4 is 16.6 Å². The zero-order chi connectivity index (χ0) is 8.97. The molecule has 0 saturated heterocycles. The second kappa shape index (κ2) is 4.03. The maximum atomic E-state index is 5.09. The van der Waals surface area contributed by atoms with E-state index in [0.29, 0.717) is 5.11 Å². The molecule has 0 saturated carbocycles. The Bertz CT molecular complexity index is 244. The van der Waals surface area contributed by atoms with E-state index in [1.165, 1.54) is 0 Å². The van der Waals surface area contributed by atoms with Crippen LogP contribution in [0.15, 0.2) is 12.4 Å². The summed E-state index contributed by atoms with van der Waals surface area (Å²) in [6.45, 7) is 1.93. The van der Waals surface area contributed by atoms with Gasteiger partial charge in [-0.1, -0.05) is 0 Å². The fourth-order valence-corrected chi connectivity index (χ4v) is 0.998. The molecule has 0 aliphatic rings. The summed E-state index contributed by atoms with van der Waals surface area (Å²) in [6, 6.07) is 0.0311. The van der Waals surface area contributed by atoms with E-state index in [4.69, 9.17) is 18.1 Å². The Morgan fingerprint density at radius 1 is 1.83 bits per heavy atom. The van der Waals surface area contributed by atoms with Gasteiger partial charge in [0.15, 0.2) is 5.11 Å². The molecule has 0 aromatic carbocycles.